The quantitative estimate of drug-likeness (QED) is 0.702. The van der Waals surface area contributed by atoms with Gasteiger partial charge in [0.15, 0.2) is 0 Å². The summed E-state index contributed by atoms with van der Waals surface area (Å²) >= 11 is 0. The van der Waals surface area contributed by atoms with Crippen LogP contribution in [0, 0.1) is 0 Å². The molecule has 0 aromatic heterocycles. The van der Waals surface area contributed by atoms with Crippen molar-refractivity contribution in [3.8, 4) is 0 Å². The zero-order valence-electron chi connectivity index (χ0n) is 12.9. The first-order chi connectivity index (χ1) is 9.65. The van der Waals surface area contributed by atoms with Crippen molar-refractivity contribution in [2.24, 2.45) is 0 Å². The first-order valence-corrected chi connectivity index (χ1v) is 8.25. The van der Waals surface area contributed by atoms with Crippen molar-refractivity contribution >= 4 is 11.8 Å². The summed E-state index contributed by atoms with van der Waals surface area (Å²) in [4.78, 5) is 28.5. The molecule has 0 bridgehead atoms. The van der Waals surface area contributed by atoms with Gasteiger partial charge in [0.05, 0.1) is 0 Å². The molecule has 0 N–H and O–H groups in total. The number of hydrogen-bond donors (Lipinski definition) is 0. The minimum atomic E-state index is -0.164. The monoisotopic (exact) mass is 280 g/mol. The van der Waals surface area contributed by atoms with Crippen LogP contribution < -0.4 is 0 Å². The fraction of sp³-hybridized carbons (Fsp3) is 0.875. The number of hydrogen-bond acceptors (Lipinski definition) is 2. The second-order valence-electron chi connectivity index (χ2n) is 6.23. The smallest absolute Gasteiger partial charge is 0.245 e. The molecule has 0 radical (unpaired) electrons. The first kappa shape index (κ1) is 15.3. The van der Waals surface area contributed by atoms with Gasteiger partial charge in [-0.3, -0.25) is 9.59 Å². The average molecular weight is 280 g/mol. The normalized spacial score (nSPS) is 24.8. The molecule has 0 aromatic carbocycles. The van der Waals surface area contributed by atoms with Crippen LogP contribution in [0.15, 0.2) is 0 Å². The summed E-state index contributed by atoms with van der Waals surface area (Å²) in [5, 5.41) is 0. The van der Waals surface area contributed by atoms with Crippen molar-refractivity contribution in [1.29, 1.82) is 0 Å². The van der Waals surface area contributed by atoms with E-state index in [2.05, 4.69) is 13.8 Å². The molecular formula is C16H28N2O2. The molecule has 2 aliphatic heterocycles. The lowest BCUT2D eigenvalue weighted by molar-refractivity contribution is -0.140. The molecule has 2 unspecified atom stereocenters. The van der Waals surface area contributed by atoms with Gasteiger partial charge in [-0.1, -0.05) is 32.6 Å². The Kier molecular flexibility index (Phi) is 5.44. The molecule has 0 aliphatic carbocycles. The zero-order chi connectivity index (χ0) is 14.5. The average Bonchev–Trinajstić information content (AvgIpc) is 2.88. The highest BCUT2D eigenvalue weighted by atomic mass is 16.2. The van der Waals surface area contributed by atoms with Gasteiger partial charge in [-0.25, -0.2) is 0 Å². The highest BCUT2D eigenvalue weighted by Crippen LogP contribution is 2.25. The van der Waals surface area contributed by atoms with Crippen molar-refractivity contribution in [3.63, 3.8) is 0 Å². The molecule has 2 atom stereocenters. The van der Waals surface area contributed by atoms with Crippen LogP contribution in [-0.2, 0) is 9.59 Å². The van der Waals surface area contributed by atoms with Gasteiger partial charge in [0.1, 0.15) is 6.04 Å². The van der Waals surface area contributed by atoms with Crippen molar-refractivity contribution in [2.75, 3.05) is 13.1 Å². The summed E-state index contributed by atoms with van der Waals surface area (Å²) < 4.78 is 0. The molecule has 4 nitrogen and oxygen atoms in total. The molecule has 0 saturated carbocycles. The van der Waals surface area contributed by atoms with Gasteiger partial charge in [-0.15, -0.1) is 0 Å². The summed E-state index contributed by atoms with van der Waals surface area (Å²) in [5.41, 5.74) is 0. The first-order valence-electron chi connectivity index (χ1n) is 8.25. The van der Waals surface area contributed by atoms with E-state index in [9.17, 15) is 9.59 Å². The van der Waals surface area contributed by atoms with E-state index < -0.39 is 0 Å². The molecule has 2 heterocycles. The maximum absolute atomic E-state index is 12.6. The molecule has 2 fully saturated rings. The Balaban J connectivity index is 1.93. The van der Waals surface area contributed by atoms with Crippen LogP contribution in [-0.4, -0.2) is 46.8 Å². The Hall–Kier alpha value is -1.06. The van der Waals surface area contributed by atoms with E-state index in [1.807, 2.05) is 9.80 Å². The number of nitrogens with zero attached hydrogens (tertiary/aromatic N) is 2. The molecule has 2 aliphatic rings. The Labute approximate surface area is 122 Å². The topological polar surface area (TPSA) is 40.6 Å². The molecule has 2 rings (SSSR count). The third kappa shape index (κ3) is 3.33. The van der Waals surface area contributed by atoms with Crippen molar-refractivity contribution < 1.29 is 9.59 Å². The van der Waals surface area contributed by atoms with Gasteiger partial charge >= 0.3 is 0 Å². The molecule has 0 aromatic rings. The summed E-state index contributed by atoms with van der Waals surface area (Å²) in [6.45, 7) is 5.73. The van der Waals surface area contributed by atoms with Crippen LogP contribution in [0.25, 0.3) is 0 Å². The minimum absolute atomic E-state index is 0.164. The van der Waals surface area contributed by atoms with E-state index in [-0.39, 0.29) is 23.9 Å². The second-order valence-corrected chi connectivity index (χ2v) is 6.23. The third-order valence-electron chi connectivity index (χ3n) is 4.72. The van der Waals surface area contributed by atoms with Crippen LogP contribution >= 0.6 is 0 Å². The minimum Gasteiger partial charge on any atom is -0.338 e. The molecule has 0 spiro atoms. The van der Waals surface area contributed by atoms with Crippen molar-refractivity contribution in [3.05, 3.63) is 0 Å². The molecule has 2 amide bonds. The van der Waals surface area contributed by atoms with Gasteiger partial charge in [-0.2, -0.15) is 0 Å². The molecule has 4 heteroatoms. The number of fused-ring (bicyclic) bond motifs is 1. The molecular weight excluding hydrogens is 252 g/mol. The van der Waals surface area contributed by atoms with E-state index in [0.29, 0.717) is 13.0 Å². The Morgan fingerprint density at radius 3 is 2.75 bits per heavy atom. The highest BCUT2D eigenvalue weighted by Gasteiger charge is 2.40. The highest BCUT2D eigenvalue weighted by molar-refractivity contribution is 5.90. The fourth-order valence-corrected chi connectivity index (χ4v) is 3.44. The van der Waals surface area contributed by atoms with Crippen molar-refractivity contribution in [1.82, 2.24) is 9.80 Å². The Morgan fingerprint density at radius 2 is 2.00 bits per heavy atom. The van der Waals surface area contributed by atoms with Crippen molar-refractivity contribution in [2.45, 2.75) is 77.3 Å². The molecule has 114 valence electrons. The predicted octanol–water partition coefficient (Wildman–Crippen LogP) is 2.57. The maximum atomic E-state index is 12.6. The van der Waals surface area contributed by atoms with E-state index in [1.165, 1.54) is 25.7 Å². The maximum Gasteiger partial charge on any atom is 0.245 e. The van der Waals surface area contributed by atoms with Crippen LogP contribution in [0.3, 0.4) is 0 Å². The largest absolute Gasteiger partial charge is 0.338 e. The molecule has 20 heavy (non-hydrogen) atoms. The lowest BCUT2D eigenvalue weighted by Crippen LogP contribution is -2.46. The predicted molar refractivity (Wildman–Crippen MR) is 79.3 cm³/mol. The van der Waals surface area contributed by atoms with Crippen LogP contribution in [0.2, 0.25) is 0 Å². The SMILES string of the molecule is CCCCCCC(C)N1CCC(=O)N2CCCC2C1=O. The van der Waals surface area contributed by atoms with Crippen LogP contribution in [0.4, 0.5) is 0 Å². The lowest BCUT2D eigenvalue weighted by Gasteiger charge is -2.30. The number of amides is 2. The summed E-state index contributed by atoms with van der Waals surface area (Å²) in [5.74, 6) is 0.359. The van der Waals surface area contributed by atoms with Gasteiger partial charge in [0, 0.05) is 25.6 Å². The fourth-order valence-electron chi connectivity index (χ4n) is 3.44. The van der Waals surface area contributed by atoms with E-state index in [4.69, 9.17) is 0 Å². The summed E-state index contributed by atoms with van der Waals surface area (Å²) in [7, 11) is 0. The standard InChI is InChI=1S/C16H28N2O2/c1-3-4-5-6-8-13(2)17-12-10-15(19)18-11-7-9-14(18)16(17)20/h13-14H,3-12H2,1-2H3. The third-order valence-corrected chi connectivity index (χ3v) is 4.72. The zero-order valence-corrected chi connectivity index (χ0v) is 12.9. The van der Waals surface area contributed by atoms with E-state index >= 15 is 0 Å². The van der Waals surface area contributed by atoms with Gasteiger partial charge < -0.3 is 9.80 Å². The summed E-state index contributed by atoms with van der Waals surface area (Å²) in [6.07, 6.45) is 8.33. The number of carbonyl (C=O) groups is 2. The Bertz CT molecular complexity index is 356. The lowest BCUT2D eigenvalue weighted by atomic mass is 10.1. The summed E-state index contributed by atoms with van der Waals surface area (Å²) in [6, 6.07) is 0.107. The number of unbranched alkanes of at least 4 members (excludes halogenated alkanes) is 3. The van der Waals surface area contributed by atoms with E-state index in [1.54, 1.807) is 0 Å². The van der Waals surface area contributed by atoms with Gasteiger partial charge in [-0.05, 0) is 26.2 Å². The number of rotatable bonds is 6. The Morgan fingerprint density at radius 1 is 1.20 bits per heavy atom. The van der Waals surface area contributed by atoms with Crippen LogP contribution in [0.1, 0.15) is 65.2 Å². The second kappa shape index (κ2) is 7.09. The molecule has 2 saturated heterocycles. The van der Waals surface area contributed by atoms with Gasteiger partial charge in [0.2, 0.25) is 11.8 Å². The number of carbonyl (C=O) groups excluding carboxylic acids is 2. The van der Waals surface area contributed by atoms with Gasteiger partial charge in [0.25, 0.3) is 0 Å². The van der Waals surface area contributed by atoms with Crippen LogP contribution in [0.5, 0.6) is 0 Å². The van der Waals surface area contributed by atoms with E-state index in [0.717, 1.165) is 25.8 Å².